The van der Waals surface area contributed by atoms with E-state index in [0.29, 0.717) is 11.3 Å². The molecule has 1 heterocycles. The Bertz CT molecular complexity index is 939. The smallest absolute Gasteiger partial charge is 0.280 e. The normalized spacial score (nSPS) is 13.8. The molecule has 0 aromatic heterocycles. The summed E-state index contributed by atoms with van der Waals surface area (Å²) in [5, 5.41) is 11.8. The van der Waals surface area contributed by atoms with Gasteiger partial charge in [-0.25, -0.2) is 0 Å². The standard InChI is InChI=1S/C17H12BrN3O4/c1-10-5-6-12(8-15(10)18)19-20-16(22)9-14(17(20)23)11-3-2-4-13(7-11)21(24)25/h2-9,19H,1H3. The Morgan fingerprint density at radius 1 is 1.16 bits per heavy atom. The molecule has 2 amide bonds. The molecule has 126 valence electrons. The number of nitrogens with one attached hydrogen (secondary N) is 1. The minimum Gasteiger partial charge on any atom is -0.288 e. The van der Waals surface area contributed by atoms with E-state index in [4.69, 9.17) is 0 Å². The lowest BCUT2D eigenvalue weighted by molar-refractivity contribution is -0.384. The van der Waals surface area contributed by atoms with Crippen molar-refractivity contribution >= 4 is 44.7 Å². The summed E-state index contributed by atoms with van der Waals surface area (Å²) in [6.07, 6.45) is 1.16. The van der Waals surface area contributed by atoms with E-state index in [9.17, 15) is 19.7 Å². The van der Waals surface area contributed by atoms with E-state index in [1.165, 1.54) is 18.2 Å². The summed E-state index contributed by atoms with van der Waals surface area (Å²) >= 11 is 3.39. The Hall–Kier alpha value is -3.00. The second-order valence-electron chi connectivity index (χ2n) is 5.42. The summed E-state index contributed by atoms with van der Waals surface area (Å²) in [5.41, 5.74) is 4.62. The van der Waals surface area contributed by atoms with Crippen molar-refractivity contribution in [3.05, 3.63) is 74.3 Å². The molecule has 1 N–H and O–H groups in total. The Labute approximate surface area is 151 Å². The number of non-ortho nitro benzene ring substituents is 1. The van der Waals surface area contributed by atoms with Crippen molar-refractivity contribution < 1.29 is 14.5 Å². The number of carbonyl (C=O) groups excluding carboxylic acids is 2. The van der Waals surface area contributed by atoms with Crippen LogP contribution in [0.3, 0.4) is 0 Å². The van der Waals surface area contributed by atoms with E-state index in [1.54, 1.807) is 18.2 Å². The molecular formula is C17H12BrN3O4. The number of rotatable bonds is 4. The molecular weight excluding hydrogens is 390 g/mol. The summed E-state index contributed by atoms with van der Waals surface area (Å²) in [7, 11) is 0. The SMILES string of the molecule is Cc1ccc(NN2C(=O)C=C(c3cccc([N+](=O)[O-])c3)C2=O)cc1Br. The predicted octanol–water partition coefficient (Wildman–Crippen LogP) is 3.45. The van der Waals surface area contributed by atoms with Crippen LogP contribution in [0.25, 0.3) is 5.57 Å². The molecule has 7 nitrogen and oxygen atoms in total. The number of anilines is 1. The van der Waals surface area contributed by atoms with Crippen LogP contribution in [0, 0.1) is 17.0 Å². The minimum absolute atomic E-state index is 0.104. The van der Waals surface area contributed by atoms with Crippen LogP contribution in [-0.2, 0) is 9.59 Å². The highest BCUT2D eigenvalue weighted by Crippen LogP contribution is 2.27. The number of aryl methyl sites for hydroxylation is 1. The quantitative estimate of drug-likeness (QED) is 0.481. The number of hydrazine groups is 1. The van der Waals surface area contributed by atoms with Crippen LogP contribution in [-0.4, -0.2) is 21.7 Å². The number of hydrogen-bond donors (Lipinski definition) is 1. The molecule has 0 atom stereocenters. The number of nitro groups is 1. The van der Waals surface area contributed by atoms with E-state index in [-0.39, 0.29) is 11.3 Å². The lowest BCUT2D eigenvalue weighted by Gasteiger charge is -2.17. The molecule has 0 saturated carbocycles. The van der Waals surface area contributed by atoms with Crippen molar-refractivity contribution in [2.75, 3.05) is 5.43 Å². The number of amides is 2. The van der Waals surface area contributed by atoms with Gasteiger partial charge in [-0.3, -0.25) is 25.1 Å². The van der Waals surface area contributed by atoms with Gasteiger partial charge in [0, 0.05) is 22.7 Å². The predicted molar refractivity (Wildman–Crippen MR) is 95.4 cm³/mol. The molecule has 25 heavy (non-hydrogen) atoms. The third-order valence-corrected chi connectivity index (χ3v) is 4.56. The molecule has 0 bridgehead atoms. The van der Waals surface area contributed by atoms with Gasteiger partial charge in [0.25, 0.3) is 17.5 Å². The number of imide groups is 1. The van der Waals surface area contributed by atoms with Crippen LogP contribution in [0.2, 0.25) is 0 Å². The van der Waals surface area contributed by atoms with Crippen LogP contribution in [0.15, 0.2) is 53.0 Å². The average Bonchev–Trinajstić information content (AvgIpc) is 2.86. The third kappa shape index (κ3) is 3.29. The maximum absolute atomic E-state index is 12.5. The Morgan fingerprint density at radius 3 is 2.60 bits per heavy atom. The fourth-order valence-electron chi connectivity index (χ4n) is 2.36. The molecule has 0 spiro atoms. The first-order chi connectivity index (χ1) is 11.9. The summed E-state index contributed by atoms with van der Waals surface area (Å²) < 4.78 is 0.837. The molecule has 2 aromatic rings. The number of benzene rings is 2. The van der Waals surface area contributed by atoms with Crippen LogP contribution < -0.4 is 5.43 Å². The van der Waals surface area contributed by atoms with E-state index in [0.717, 1.165) is 21.1 Å². The van der Waals surface area contributed by atoms with Gasteiger partial charge in [0.15, 0.2) is 0 Å². The maximum Gasteiger partial charge on any atom is 0.280 e. The van der Waals surface area contributed by atoms with Crippen molar-refractivity contribution in [3.63, 3.8) is 0 Å². The first-order valence-electron chi connectivity index (χ1n) is 7.24. The zero-order chi connectivity index (χ0) is 18.1. The summed E-state index contributed by atoms with van der Waals surface area (Å²) in [4.78, 5) is 35.0. The van der Waals surface area contributed by atoms with Gasteiger partial charge in [-0.2, -0.15) is 5.01 Å². The van der Waals surface area contributed by atoms with Crippen molar-refractivity contribution in [2.24, 2.45) is 0 Å². The lowest BCUT2D eigenvalue weighted by Crippen LogP contribution is -2.36. The summed E-state index contributed by atoms with van der Waals surface area (Å²) in [6.45, 7) is 1.92. The first kappa shape index (κ1) is 16.8. The maximum atomic E-state index is 12.5. The molecule has 3 rings (SSSR count). The van der Waals surface area contributed by atoms with Crippen molar-refractivity contribution in [1.82, 2.24) is 5.01 Å². The highest BCUT2D eigenvalue weighted by molar-refractivity contribution is 9.10. The van der Waals surface area contributed by atoms with Gasteiger partial charge < -0.3 is 0 Å². The highest BCUT2D eigenvalue weighted by Gasteiger charge is 2.32. The number of halogens is 1. The van der Waals surface area contributed by atoms with Gasteiger partial charge in [-0.1, -0.05) is 34.1 Å². The first-order valence-corrected chi connectivity index (χ1v) is 8.04. The summed E-state index contributed by atoms with van der Waals surface area (Å²) in [6, 6.07) is 10.9. The lowest BCUT2D eigenvalue weighted by atomic mass is 10.1. The second-order valence-corrected chi connectivity index (χ2v) is 6.27. The largest absolute Gasteiger partial charge is 0.288 e. The van der Waals surface area contributed by atoms with Crippen LogP contribution >= 0.6 is 15.9 Å². The van der Waals surface area contributed by atoms with Gasteiger partial charge in [0.1, 0.15) is 0 Å². The zero-order valence-electron chi connectivity index (χ0n) is 13.0. The van der Waals surface area contributed by atoms with Crippen LogP contribution in [0.4, 0.5) is 11.4 Å². The van der Waals surface area contributed by atoms with Gasteiger partial charge in [-0.05, 0) is 30.2 Å². The number of carbonyl (C=O) groups is 2. The van der Waals surface area contributed by atoms with E-state index >= 15 is 0 Å². The van der Waals surface area contributed by atoms with Crippen molar-refractivity contribution in [2.45, 2.75) is 6.92 Å². The molecule has 1 aliphatic rings. The second kappa shape index (κ2) is 6.48. The van der Waals surface area contributed by atoms with Crippen molar-refractivity contribution in [1.29, 1.82) is 0 Å². The summed E-state index contributed by atoms with van der Waals surface area (Å²) in [5.74, 6) is -1.11. The van der Waals surface area contributed by atoms with E-state index < -0.39 is 16.7 Å². The topological polar surface area (TPSA) is 92.6 Å². The highest BCUT2D eigenvalue weighted by atomic mass is 79.9. The van der Waals surface area contributed by atoms with Gasteiger partial charge in [-0.15, -0.1) is 0 Å². The van der Waals surface area contributed by atoms with Gasteiger partial charge in [0.2, 0.25) is 0 Å². The minimum atomic E-state index is -0.567. The Morgan fingerprint density at radius 2 is 1.92 bits per heavy atom. The average molecular weight is 402 g/mol. The number of nitrogens with zero attached hydrogens (tertiary/aromatic N) is 2. The monoisotopic (exact) mass is 401 g/mol. The molecule has 0 aliphatic carbocycles. The fraction of sp³-hybridized carbons (Fsp3) is 0.0588. The Balaban J connectivity index is 1.86. The molecule has 2 aromatic carbocycles. The van der Waals surface area contributed by atoms with Crippen molar-refractivity contribution in [3.8, 4) is 0 Å². The molecule has 1 aliphatic heterocycles. The zero-order valence-corrected chi connectivity index (χ0v) is 14.6. The van der Waals surface area contributed by atoms with E-state index in [2.05, 4.69) is 21.4 Å². The molecule has 0 unspecified atom stereocenters. The van der Waals surface area contributed by atoms with Gasteiger partial charge >= 0.3 is 0 Å². The number of hydrogen-bond acceptors (Lipinski definition) is 5. The molecule has 0 saturated heterocycles. The molecule has 8 heteroatoms. The third-order valence-electron chi connectivity index (χ3n) is 3.70. The molecule has 0 fully saturated rings. The van der Waals surface area contributed by atoms with Crippen LogP contribution in [0.1, 0.15) is 11.1 Å². The van der Waals surface area contributed by atoms with Crippen LogP contribution in [0.5, 0.6) is 0 Å². The molecule has 0 radical (unpaired) electrons. The number of nitro benzene ring substituents is 1. The fourth-order valence-corrected chi connectivity index (χ4v) is 2.74. The van der Waals surface area contributed by atoms with E-state index in [1.807, 2.05) is 13.0 Å². The Kier molecular flexibility index (Phi) is 4.37. The van der Waals surface area contributed by atoms with Gasteiger partial charge in [0.05, 0.1) is 16.2 Å².